The Balaban J connectivity index is 0.00000552. The number of halogens is 3. The summed E-state index contributed by atoms with van der Waals surface area (Å²) < 4.78 is 0. The second-order valence-electron chi connectivity index (χ2n) is 15.5. The quantitative estimate of drug-likeness (QED) is 0.110. The summed E-state index contributed by atoms with van der Waals surface area (Å²) in [4.78, 5) is 0. The number of allylic oxidation sites excluding steroid dienone is 4. The van der Waals surface area contributed by atoms with Gasteiger partial charge in [-0.05, 0) is 68.9 Å². The molecular weight excluding hydrogens is 699 g/mol. The van der Waals surface area contributed by atoms with Gasteiger partial charge in [-0.25, -0.2) is 5.57 Å². The maximum atomic E-state index is 3.86. The Kier molecular flexibility index (Phi) is 18.5. The van der Waals surface area contributed by atoms with Gasteiger partial charge in [-0.2, -0.15) is 11.3 Å². The summed E-state index contributed by atoms with van der Waals surface area (Å²) in [5, 5.41) is 6.12. The Morgan fingerprint density at radius 2 is 0.688 bits per heavy atom. The van der Waals surface area contributed by atoms with Crippen molar-refractivity contribution in [1.29, 1.82) is 0 Å². The van der Waals surface area contributed by atoms with Gasteiger partial charge < -0.3 is 0 Å². The molecule has 4 rings (SSSR count). The van der Waals surface area contributed by atoms with Crippen molar-refractivity contribution in [2.24, 2.45) is 5.92 Å². The molecule has 0 aliphatic heterocycles. The first kappa shape index (κ1) is 46.9. The topological polar surface area (TPSA) is 0 Å². The van der Waals surface area contributed by atoms with Gasteiger partial charge in [0.05, 0.1) is 8.07 Å². The summed E-state index contributed by atoms with van der Waals surface area (Å²) in [6.07, 6.45) is 6.44. The molecule has 0 amide bonds. The summed E-state index contributed by atoms with van der Waals surface area (Å²) in [5.41, 5.74) is 10.1. The SMILES string of the molecule is CC1=[C-]C(C)C=C1[Si](c1cc(C(C)C)cc(C(C)C)c1)(c1cc(C(C)C)cc(C(C)C)c1)c1cc(C(C)C)cc(C(C)C)c1.Cl.Cl.Cl.[Ti]. The molecule has 0 N–H and O–H groups in total. The minimum atomic E-state index is -2.80. The van der Waals surface area contributed by atoms with Crippen LogP contribution in [0.25, 0.3) is 0 Å². The summed E-state index contributed by atoms with van der Waals surface area (Å²) in [7, 11) is -2.80. The van der Waals surface area contributed by atoms with E-state index >= 15 is 0 Å². The molecule has 5 heteroatoms. The molecule has 3 aromatic carbocycles. The van der Waals surface area contributed by atoms with Crippen LogP contribution in [0.2, 0.25) is 0 Å². The van der Waals surface area contributed by atoms with E-state index in [0.717, 1.165) is 0 Å². The monoisotopic (exact) mass is 759 g/mol. The van der Waals surface area contributed by atoms with Crippen LogP contribution < -0.4 is 15.6 Å². The number of rotatable bonds is 10. The van der Waals surface area contributed by atoms with Crippen LogP contribution in [0.4, 0.5) is 0 Å². The molecule has 0 radical (unpaired) electrons. The molecule has 0 saturated carbocycles. The third kappa shape index (κ3) is 9.63. The van der Waals surface area contributed by atoms with Crippen LogP contribution in [0.5, 0.6) is 0 Å². The molecule has 3 aromatic rings. The second-order valence-corrected chi connectivity index (χ2v) is 19.3. The fourth-order valence-corrected chi connectivity index (χ4v) is 12.3. The first-order valence-electron chi connectivity index (χ1n) is 17.3. The molecule has 0 spiro atoms. The van der Waals surface area contributed by atoms with Gasteiger partial charge in [-0.3, -0.25) is 6.08 Å². The fraction of sp³-hybridized carbons (Fsp3) is 0.488. The van der Waals surface area contributed by atoms with Gasteiger partial charge in [0.2, 0.25) is 0 Å². The molecule has 1 aliphatic rings. The Morgan fingerprint density at radius 3 is 0.854 bits per heavy atom. The molecule has 1 unspecified atom stereocenters. The maximum Gasteiger partial charge on any atom is 0.0994 e. The molecule has 264 valence electrons. The van der Waals surface area contributed by atoms with E-state index in [4.69, 9.17) is 0 Å². The van der Waals surface area contributed by atoms with Crippen LogP contribution in [0.3, 0.4) is 0 Å². The van der Waals surface area contributed by atoms with Crippen molar-refractivity contribution in [3.63, 3.8) is 0 Å². The van der Waals surface area contributed by atoms with Crippen molar-refractivity contribution in [2.45, 2.75) is 132 Å². The van der Waals surface area contributed by atoms with Crippen LogP contribution in [0.1, 0.15) is 166 Å². The maximum absolute atomic E-state index is 3.86. The van der Waals surface area contributed by atoms with E-state index in [1.54, 1.807) is 0 Å². The Morgan fingerprint density at radius 1 is 0.458 bits per heavy atom. The van der Waals surface area contributed by atoms with E-state index in [2.05, 4.69) is 164 Å². The molecule has 1 atom stereocenters. The second kappa shape index (κ2) is 19.0. The average Bonchev–Trinajstić information content (AvgIpc) is 3.30. The largest absolute Gasteiger partial charge is 0.267 e. The van der Waals surface area contributed by atoms with Crippen molar-refractivity contribution >= 4 is 60.9 Å². The normalized spacial score (nSPS) is 14.5. The zero-order chi connectivity index (χ0) is 32.7. The summed E-state index contributed by atoms with van der Waals surface area (Å²) in [5.74, 6) is 3.06. The van der Waals surface area contributed by atoms with E-state index in [0.29, 0.717) is 41.4 Å². The van der Waals surface area contributed by atoms with Crippen LogP contribution in [-0.4, -0.2) is 8.07 Å². The molecule has 48 heavy (non-hydrogen) atoms. The van der Waals surface area contributed by atoms with Gasteiger partial charge in [0, 0.05) is 21.7 Å². The molecular formula is C43H62Cl3SiTi-. The zero-order valence-corrected chi connectivity index (χ0v) is 37.1. The standard InChI is InChI=1S/C43H59Si.3ClH.Ti/c1-26(2)34-17-35(27(3)4)21-40(20-34)44(43-16-32(13)15-33(43)14,41-22-36(28(5)6)18-37(23-41)29(7)8)42-24-38(30(9)10)19-39(25-42)31(11)12;;;;/h16-32H,1-14H3;3*1H;/q-1;;;;. The van der Waals surface area contributed by atoms with Crippen LogP contribution in [-0.2, 0) is 21.7 Å². The van der Waals surface area contributed by atoms with Gasteiger partial charge in [-0.15, -0.1) is 37.2 Å². The summed E-state index contributed by atoms with van der Waals surface area (Å²) in [6.45, 7) is 32.9. The number of benzene rings is 3. The number of hydrogen-bond donors (Lipinski definition) is 0. The third-order valence-electron chi connectivity index (χ3n) is 9.90. The van der Waals surface area contributed by atoms with Gasteiger partial charge in [0.25, 0.3) is 0 Å². The molecule has 0 fully saturated rings. The first-order chi connectivity index (χ1) is 20.6. The van der Waals surface area contributed by atoms with Gasteiger partial charge in [-0.1, -0.05) is 173 Å². The Labute approximate surface area is 329 Å². The molecule has 0 bridgehead atoms. The van der Waals surface area contributed by atoms with Crippen molar-refractivity contribution in [2.75, 3.05) is 0 Å². The zero-order valence-electron chi connectivity index (χ0n) is 32.0. The van der Waals surface area contributed by atoms with Crippen molar-refractivity contribution in [3.8, 4) is 0 Å². The summed E-state index contributed by atoms with van der Waals surface area (Å²) in [6, 6.07) is 23.1. The minimum absolute atomic E-state index is 0. The van der Waals surface area contributed by atoms with Crippen LogP contribution in [0, 0.1) is 12.0 Å². The molecule has 0 aromatic heterocycles. The minimum Gasteiger partial charge on any atom is -0.267 e. The predicted molar refractivity (Wildman–Crippen MR) is 220 cm³/mol. The van der Waals surface area contributed by atoms with E-state index in [1.807, 2.05) is 0 Å². The molecule has 0 heterocycles. The Hall–Kier alpha value is -1.06. The summed E-state index contributed by atoms with van der Waals surface area (Å²) >= 11 is 0. The Bertz CT molecular complexity index is 1330. The van der Waals surface area contributed by atoms with Gasteiger partial charge in [0.1, 0.15) is 0 Å². The van der Waals surface area contributed by atoms with E-state index in [9.17, 15) is 0 Å². The van der Waals surface area contributed by atoms with Crippen molar-refractivity contribution < 1.29 is 21.7 Å². The molecule has 0 nitrogen and oxygen atoms in total. The smallest absolute Gasteiger partial charge is 0.0994 e. The van der Waals surface area contributed by atoms with Crippen LogP contribution >= 0.6 is 37.2 Å². The predicted octanol–water partition coefficient (Wildman–Crippen LogP) is 12.0. The average molecular weight is 761 g/mol. The fourth-order valence-electron chi connectivity index (χ4n) is 6.89. The van der Waals surface area contributed by atoms with Crippen molar-refractivity contribution in [1.82, 2.24) is 0 Å². The third-order valence-corrected chi connectivity index (χ3v) is 14.7. The van der Waals surface area contributed by atoms with E-state index < -0.39 is 8.07 Å². The number of hydrogen-bond acceptors (Lipinski definition) is 0. The van der Waals surface area contributed by atoms with Gasteiger partial charge >= 0.3 is 0 Å². The van der Waals surface area contributed by atoms with Gasteiger partial charge in [0.15, 0.2) is 0 Å². The van der Waals surface area contributed by atoms with E-state index in [-0.39, 0.29) is 58.9 Å². The molecule has 1 aliphatic carbocycles. The first-order valence-corrected chi connectivity index (χ1v) is 19.3. The van der Waals surface area contributed by atoms with Crippen molar-refractivity contribution in [3.05, 3.63) is 111 Å². The molecule has 0 saturated heterocycles. The van der Waals surface area contributed by atoms with E-state index in [1.165, 1.54) is 59.7 Å². The van der Waals surface area contributed by atoms with Crippen LogP contribution in [0.15, 0.2) is 71.4 Å².